The van der Waals surface area contributed by atoms with Crippen LogP contribution in [0.1, 0.15) is 41.9 Å². The molecule has 1 aliphatic carbocycles. The summed E-state index contributed by atoms with van der Waals surface area (Å²) in [6.45, 7) is 0.129. The lowest BCUT2D eigenvalue weighted by Gasteiger charge is -2.23. The molecule has 2 atom stereocenters. The number of hydrogen-bond donors (Lipinski definition) is 3. The number of ether oxygens (including phenoxy) is 1. The van der Waals surface area contributed by atoms with E-state index >= 15 is 0 Å². The number of fused-ring (bicyclic) bond motifs is 1. The van der Waals surface area contributed by atoms with E-state index in [1.807, 2.05) is 12.1 Å². The number of methoxy groups -OCH3 is 1. The maximum Gasteiger partial charge on any atom is 0.315 e. The van der Waals surface area contributed by atoms with Crippen LogP contribution in [-0.4, -0.2) is 24.8 Å². The highest BCUT2D eigenvalue weighted by Gasteiger charge is 2.24. The highest BCUT2D eigenvalue weighted by molar-refractivity contribution is 5.74. The lowest BCUT2D eigenvalue weighted by Crippen LogP contribution is -2.40. The van der Waals surface area contributed by atoms with Gasteiger partial charge in [-0.15, -0.1) is 0 Å². The number of rotatable bonds is 5. The predicted octanol–water partition coefficient (Wildman–Crippen LogP) is 2.70. The number of benzene rings is 1. The van der Waals surface area contributed by atoms with Crippen molar-refractivity contribution in [1.82, 2.24) is 10.6 Å². The summed E-state index contributed by atoms with van der Waals surface area (Å²) in [5.41, 5.74) is 1.74. The number of hydrogen-bond acceptors (Lipinski definition) is 4. The van der Waals surface area contributed by atoms with Crippen LogP contribution in [0.5, 0.6) is 5.75 Å². The van der Waals surface area contributed by atoms with Gasteiger partial charge in [0.1, 0.15) is 11.5 Å². The SMILES string of the molecule is COc1cccc(C(O)CNC(=O)NC2CCCc3occc32)c1. The maximum atomic E-state index is 12.1. The minimum absolute atomic E-state index is 0.0403. The molecule has 6 heteroatoms. The molecule has 0 fully saturated rings. The molecule has 0 saturated heterocycles. The van der Waals surface area contributed by atoms with Crippen LogP contribution < -0.4 is 15.4 Å². The summed E-state index contributed by atoms with van der Waals surface area (Å²) in [7, 11) is 1.57. The van der Waals surface area contributed by atoms with Gasteiger partial charge < -0.3 is 24.9 Å². The molecule has 128 valence electrons. The third kappa shape index (κ3) is 3.71. The van der Waals surface area contributed by atoms with E-state index in [1.54, 1.807) is 31.6 Å². The standard InChI is InChI=1S/C18H22N2O4/c1-23-13-5-2-4-12(10-13)16(21)11-19-18(22)20-15-6-3-7-17-14(15)8-9-24-17/h2,4-5,8-10,15-16,21H,3,6-7,11H2,1H3,(H2,19,20,22). The van der Waals surface area contributed by atoms with Gasteiger partial charge in [0.25, 0.3) is 0 Å². The molecular formula is C18H22N2O4. The Kier molecular flexibility index (Phi) is 5.05. The first kappa shape index (κ1) is 16.4. The Morgan fingerprint density at radius 3 is 3.17 bits per heavy atom. The van der Waals surface area contributed by atoms with Crippen LogP contribution in [0.2, 0.25) is 0 Å². The number of furan rings is 1. The Morgan fingerprint density at radius 2 is 2.33 bits per heavy atom. The van der Waals surface area contributed by atoms with Gasteiger partial charge in [-0.1, -0.05) is 12.1 Å². The summed E-state index contributed by atoms with van der Waals surface area (Å²) in [6, 6.07) is 8.73. The minimum atomic E-state index is -0.790. The number of aliphatic hydroxyl groups is 1. The van der Waals surface area contributed by atoms with Crippen LogP contribution in [0.4, 0.5) is 4.79 Å². The zero-order chi connectivity index (χ0) is 16.9. The van der Waals surface area contributed by atoms with Gasteiger partial charge in [0, 0.05) is 18.5 Å². The average Bonchev–Trinajstić information content (AvgIpc) is 3.09. The molecule has 1 aromatic heterocycles. The van der Waals surface area contributed by atoms with Gasteiger partial charge in [0.05, 0.1) is 25.5 Å². The first-order valence-electron chi connectivity index (χ1n) is 8.10. The molecule has 2 aromatic rings. The first-order valence-corrected chi connectivity index (χ1v) is 8.10. The maximum absolute atomic E-state index is 12.1. The molecule has 0 aliphatic heterocycles. The predicted molar refractivity (Wildman–Crippen MR) is 88.9 cm³/mol. The van der Waals surface area contributed by atoms with Crippen molar-refractivity contribution in [3.05, 3.63) is 53.5 Å². The van der Waals surface area contributed by atoms with Gasteiger partial charge in [0.15, 0.2) is 0 Å². The zero-order valence-electron chi connectivity index (χ0n) is 13.6. The topological polar surface area (TPSA) is 83.7 Å². The van der Waals surface area contributed by atoms with Crippen molar-refractivity contribution in [2.45, 2.75) is 31.4 Å². The fourth-order valence-electron chi connectivity index (χ4n) is 3.00. The molecule has 1 aliphatic rings. The van der Waals surface area contributed by atoms with E-state index in [2.05, 4.69) is 10.6 Å². The van der Waals surface area contributed by atoms with Crippen LogP contribution in [-0.2, 0) is 6.42 Å². The lowest BCUT2D eigenvalue weighted by molar-refractivity contribution is 0.172. The van der Waals surface area contributed by atoms with Gasteiger partial charge in [-0.2, -0.15) is 0 Å². The molecule has 0 bridgehead atoms. The number of nitrogens with one attached hydrogen (secondary N) is 2. The minimum Gasteiger partial charge on any atom is -0.497 e. The first-order chi connectivity index (χ1) is 11.7. The Balaban J connectivity index is 1.53. The second kappa shape index (κ2) is 7.40. The monoisotopic (exact) mass is 330 g/mol. The van der Waals surface area contributed by atoms with E-state index in [0.29, 0.717) is 11.3 Å². The zero-order valence-corrected chi connectivity index (χ0v) is 13.6. The van der Waals surface area contributed by atoms with Crippen LogP contribution >= 0.6 is 0 Å². The summed E-state index contributed by atoms with van der Waals surface area (Å²) in [6.07, 6.45) is 3.66. The van der Waals surface area contributed by atoms with E-state index in [9.17, 15) is 9.90 Å². The fourth-order valence-corrected chi connectivity index (χ4v) is 3.00. The molecule has 6 nitrogen and oxygen atoms in total. The van der Waals surface area contributed by atoms with E-state index in [1.165, 1.54) is 0 Å². The average molecular weight is 330 g/mol. The molecule has 2 amide bonds. The molecule has 1 aromatic carbocycles. The number of carbonyl (C=O) groups excluding carboxylic acids is 1. The molecule has 1 heterocycles. The van der Waals surface area contributed by atoms with Crippen LogP contribution in [0, 0.1) is 0 Å². The summed E-state index contributed by atoms with van der Waals surface area (Å²) >= 11 is 0. The van der Waals surface area contributed by atoms with Gasteiger partial charge in [0.2, 0.25) is 0 Å². The van der Waals surface area contributed by atoms with E-state index in [-0.39, 0.29) is 18.6 Å². The normalized spacial score (nSPS) is 17.7. The number of carbonyl (C=O) groups is 1. The summed E-state index contributed by atoms with van der Waals surface area (Å²) in [5, 5.41) is 15.9. The van der Waals surface area contributed by atoms with Crippen LogP contribution in [0.3, 0.4) is 0 Å². The molecule has 0 spiro atoms. The highest BCUT2D eigenvalue weighted by Crippen LogP contribution is 2.30. The number of aryl methyl sites for hydroxylation is 1. The van der Waals surface area contributed by atoms with Gasteiger partial charge >= 0.3 is 6.03 Å². The van der Waals surface area contributed by atoms with Crippen LogP contribution in [0.15, 0.2) is 41.0 Å². The van der Waals surface area contributed by atoms with Crippen molar-refractivity contribution < 1.29 is 19.1 Å². The van der Waals surface area contributed by atoms with Crippen molar-refractivity contribution in [3.8, 4) is 5.75 Å². The second-order valence-electron chi connectivity index (χ2n) is 5.89. The number of aliphatic hydroxyl groups excluding tert-OH is 1. The summed E-state index contributed by atoms with van der Waals surface area (Å²) < 4.78 is 10.6. The molecular weight excluding hydrogens is 308 g/mol. The van der Waals surface area contributed by atoms with E-state index in [0.717, 1.165) is 30.6 Å². The van der Waals surface area contributed by atoms with Crippen LogP contribution in [0.25, 0.3) is 0 Å². The van der Waals surface area contributed by atoms with Gasteiger partial charge in [-0.3, -0.25) is 0 Å². The molecule has 3 rings (SSSR count). The molecule has 24 heavy (non-hydrogen) atoms. The van der Waals surface area contributed by atoms with Crippen molar-refractivity contribution in [1.29, 1.82) is 0 Å². The number of urea groups is 1. The molecule has 0 radical (unpaired) electrons. The van der Waals surface area contributed by atoms with E-state index in [4.69, 9.17) is 9.15 Å². The Hall–Kier alpha value is -2.47. The third-order valence-electron chi connectivity index (χ3n) is 4.29. The number of amides is 2. The quantitative estimate of drug-likeness (QED) is 0.787. The van der Waals surface area contributed by atoms with Gasteiger partial charge in [-0.25, -0.2) is 4.79 Å². The smallest absolute Gasteiger partial charge is 0.315 e. The summed E-state index contributed by atoms with van der Waals surface area (Å²) in [4.78, 5) is 12.1. The molecule has 0 saturated carbocycles. The Bertz CT molecular complexity index is 698. The van der Waals surface area contributed by atoms with Crippen molar-refractivity contribution in [2.75, 3.05) is 13.7 Å². The van der Waals surface area contributed by atoms with Crippen molar-refractivity contribution >= 4 is 6.03 Å². The highest BCUT2D eigenvalue weighted by atomic mass is 16.5. The van der Waals surface area contributed by atoms with Gasteiger partial charge in [-0.05, 0) is 36.6 Å². The molecule has 3 N–H and O–H groups in total. The lowest BCUT2D eigenvalue weighted by atomic mass is 9.93. The summed E-state index contributed by atoms with van der Waals surface area (Å²) in [5.74, 6) is 1.62. The largest absolute Gasteiger partial charge is 0.497 e. The molecule has 2 unspecified atom stereocenters. The fraction of sp³-hybridized carbons (Fsp3) is 0.389. The van der Waals surface area contributed by atoms with Crippen molar-refractivity contribution in [2.24, 2.45) is 0 Å². The second-order valence-corrected chi connectivity index (χ2v) is 5.89. The Morgan fingerprint density at radius 1 is 1.46 bits per heavy atom. The van der Waals surface area contributed by atoms with Crippen molar-refractivity contribution in [3.63, 3.8) is 0 Å². The Labute approximate surface area is 140 Å². The third-order valence-corrected chi connectivity index (χ3v) is 4.29. The van der Waals surface area contributed by atoms with E-state index < -0.39 is 6.10 Å².